The molecule has 0 aliphatic heterocycles. The summed E-state index contributed by atoms with van der Waals surface area (Å²) in [5.41, 5.74) is 0. The minimum atomic E-state index is -0.132. The van der Waals surface area contributed by atoms with Gasteiger partial charge in [-0.05, 0) is 57.8 Å². The van der Waals surface area contributed by atoms with E-state index in [1.165, 1.54) is 25.7 Å². The van der Waals surface area contributed by atoms with Crippen molar-refractivity contribution in [3.63, 3.8) is 0 Å². The van der Waals surface area contributed by atoms with Crippen LogP contribution in [0.3, 0.4) is 0 Å². The van der Waals surface area contributed by atoms with Crippen LogP contribution in [0.5, 0.6) is 0 Å². The molecule has 1 rings (SSSR count). The summed E-state index contributed by atoms with van der Waals surface area (Å²) in [7, 11) is 0. The molecular formula is C28H50O5. The van der Waals surface area contributed by atoms with Gasteiger partial charge in [0.05, 0.1) is 19.3 Å². The van der Waals surface area contributed by atoms with E-state index in [0.29, 0.717) is 50.3 Å². The number of ether oxygens (including phenoxy) is 3. The van der Waals surface area contributed by atoms with Crippen molar-refractivity contribution in [3.05, 3.63) is 12.2 Å². The molecule has 192 valence electrons. The molecule has 33 heavy (non-hydrogen) atoms. The van der Waals surface area contributed by atoms with Crippen LogP contribution in [0.1, 0.15) is 105 Å². The number of carbonyl (C=O) groups is 2. The third kappa shape index (κ3) is 13.9. The lowest BCUT2D eigenvalue weighted by Crippen LogP contribution is -2.20. The number of unbranched alkanes of at least 4 members (excludes halogenated alkanes) is 5. The van der Waals surface area contributed by atoms with Gasteiger partial charge in [0.2, 0.25) is 0 Å². The Labute approximate surface area is 203 Å². The lowest BCUT2D eigenvalue weighted by molar-refractivity contribution is -0.147. The van der Waals surface area contributed by atoms with Gasteiger partial charge < -0.3 is 14.2 Å². The number of Topliss-reactive ketones (excluding diaryl/α,β-unsaturated/α-hetero) is 1. The molecule has 0 radical (unpaired) electrons. The number of allylic oxidation sites excluding steroid dienone is 2. The summed E-state index contributed by atoms with van der Waals surface area (Å²) in [6, 6.07) is 0. The fourth-order valence-electron chi connectivity index (χ4n) is 4.71. The zero-order chi connectivity index (χ0) is 24.3. The van der Waals surface area contributed by atoms with Crippen LogP contribution in [0.15, 0.2) is 12.2 Å². The van der Waals surface area contributed by atoms with Crippen molar-refractivity contribution in [1.82, 2.24) is 0 Å². The summed E-state index contributed by atoms with van der Waals surface area (Å²) in [6.07, 6.45) is 16.1. The van der Waals surface area contributed by atoms with Crippen molar-refractivity contribution in [1.29, 1.82) is 0 Å². The van der Waals surface area contributed by atoms with E-state index in [-0.39, 0.29) is 18.0 Å². The highest BCUT2D eigenvalue weighted by Crippen LogP contribution is 2.40. The molecule has 0 aromatic rings. The van der Waals surface area contributed by atoms with Gasteiger partial charge in [-0.3, -0.25) is 9.59 Å². The largest absolute Gasteiger partial charge is 0.463 e. The Morgan fingerprint density at radius 1 is 0.970 bits per heavy atom. The number of ketones is 1. The normalized spacial score (nSPS) is 20.9. The van der Waals surface area contributed by atoms with E-state index < -0.39 is 0 Å². The van der Waals surface area contributed by atoms with Crippen LogP contribution in [0.4, 0.5) is 0 Å². The predicted octanol–water partition coefficient (Wildman–Crippen LogP) is 6.68. The molecule has 1 fully saturated rings. The topological polar surface area (TPSA) is 61.8 Å². The van der Waals surface area contributed by atoms with Crippen LogP contribution in [0.2, 0.25) is 0 Å². The molecule has 0 aromatic carbocycles. The summed E-state index contributed by atoms with van der Waals surface area (Å²) in [4.78, 5) is 24.2. The smallest absolute Gasteiger partial charge is 0.306 e. The van der Waals surface area contributed by atoms with Crippen LogP contribution in [0, 0.1) is 17.8 Å². The Bertz CT molecular complexity index is 542. The second kappa shape index (κ2) is 19.1. The van der Waals surface area contributed by atoms with Gasteiger partial charge in [-0.25, -0.2) is 0 Å². The maximum absolute atomic E-state index is 12.6. The van der Waals surface area contributed by atoms with Crippen LogP contribution >= 0.6 is 0 Å². The monoisotopic (exact) mass is 466 g/mol. The quantitative estimate of drug-likeness (QED) is 0.114. The summed E-state index contributed by atoms with van der Waals surface area (Å²) >= 11 is 0. The molecule has 0 saturated heterocycles. The van der Waals surface area contributed by atoms with E-state index in [0.717, 1.165) is 45.1 Å². The van der Waals surface area contributed by atoms with Crippen LogP contribution in [-0.2, 0) is 23.8 Å². The molecule has 0 bridgehead atoms. The third-order valence-electron chi connectivity index (χ3n) is 6.56. The fourth-order valence-corrected chi connectivity index (χ4v) is 4.71. The Kier molecular flexibility index (Phi) is 17.3. The Morgan fingerprint density at radius 3 is 2.39 bits per heavy atom. The first-order valence-electron chi connectivity index (χ1n) is 13.5. The van der Waals surface area contributed by atoms with E-state index in [1.54, 1.807) is 0 Å². The molecule has 0 heterocycles. The van der Waals surface area contributed by atoms with Crippen LogP contribution in [0.25, 0.3) is 0 Å². The van der Waals surface area contributed by atoms with Gasteiger partial charge in [-0.1, -0.05) is 58.1 Å². The van der Waals surface area contributed by atoms with Crippen LogP contribution in [-0.4, -0.2) is 44.3 Å². The molecule has 0 aromatic heterocycles. The van der Waals surface area contributed by atoms with Crippen molar-refractivity contribution < 1.29 is 23.8 Å². The summed E-state index contributed by atoms with van der Waals surface area (Å²) in [5, 5.41) is 0. The summed E-state index contributed by atoms with van der Waals surface area (Å²) in [5.74, 6) is 1.27. The van der Waals surface area contributed by atoms with E-state index in [2.05, 4.69) is 26.0 Å². The lowest BCUT2D eigenvalue weighted by atomic mass is 9.83. The highest BCUT2D eigenvalue weighted by atomic mass is 16.5. The van der Waals surface area contributed by atoms with Crippen molar-refractivity contribution in [2.75, 3.05) is 26.4 Å². The predicted molar refractivity (Wildman–Crippen MR) is 134 cm³/mol. The minimum absolute atomic E-state index is 0.0540. The Morgan fingerprint density at radius 2 is 1.70 bits per heavy atom. The number of hydrogen-bond acceptors (Lipinski definition) is 5. The van der Waals surface area contributed by atoms with Gasteiger partial charge in [0, 0.05) is 32.0 Å². The summed E-state index contributed by atoms with van der Waals surface area (Å²) in [6.45, 7) is 11.0. The molecular weight excluding hydrogens is 416 g/mol. The lowest BCUT2D eigenvalue weighted by Gasteiger charge is -2.22. The second-order valence-electron chi connectivity index (χ2n) is 9.67. The molecule has 0 unspecified atom stereocenters. The number of rotatable bonds is 20. The zero-order valence-corrected chi connectivity index (χ0v) is 21.8. The maximum atomic E-state index is 12.6. The molecule has 1 aliphatic rings. The Balaban J connectivity index is 2.22. The van der Waals surface area contributed by atoms with E-state index in [9.17, 15) is 9.59 Å². The van der Waals surface area contributed by atoms with Crippen LogP contribution < -0.4 is 0 Å². The first-order valence-corrected chi connectivity index (χ1v) is 13.5. The molecule has 5 heteroatoms. The molecule has 1 aliphatic carbocycles. The van der Waals surface area contributed by atoms with Gasteiger partial charge >= 0.3 is 5.97 Å². The Hall–Kier alpha value is -1.20. The van der Waals surface area contributed by atoms with Gasteiger partial charge in [0.25, 0.3) is 0 Å². The summed E-state index contributed by atoms with van der Waals surface area (Å²) < 4.78 is 16.6. The van der Waals surface area contributed by atoms with Crippen molar-refractivity contribution in [2.45, 2.75) is 111 Å². The third-order valence-corrected chi connectivity index (χ3v) is 6.56. The number of hydrogen-bond donors (Lipinski definition) is 0. The molecule has 1 saturated carbocycles. The molecule has 0 spiro atoms. The van der Waals surface area contributed by atoms with Crippen molar-refractivity contribution in [3.8, 4) is 0 Å². The number of carbonyl (C=O) groups excluding carboxylic acids is 2. The van der Waals surface area contributed by atoms with Gasteiger partial charge in [-0.15, -0.1) is 0 Å². The fraction of sp³-hybridized carbons (Fsp3) is 0.857. The van der Waals surface area contributed by atoms with E-state index in [4.69, 9.17) is 14.2 Å². The average Bonchev–Trinajstić information content (AvgIpc) is 3.08. The first-order chi connectivity index (χ1) is 16.0. The van der Waals surface area contributed by atoms with E-state index >= 15 is 0 Å². The van der Waals surface area contributed by atoms with Gasteiger partial charge in [0.1, 0.15) is 5.78 Å². The average molecular weight is 467 g/mol. The first kappa shape index (κ1) is 29.8. The zero-order valence-electron chi connectivity index (χ0n) is 21.8. The highest BCUT2D eigenvalue weighted by molar-refractivity contribution is 5.84. The maximum Gasteiger partial charge on any atom is 0.306 e. The van der Waals surface area contributed by atoms with Crippen molar-refractivity contribution in [2.24, 2.45) is 17.8 Å². The highest BCUT2D eigenvalue weighted by Gasteiger charge is 2.40. The van der Waals surface area contributed by atoms with Crippen molar-refractivity contribution >= 4 is 11.8 Å². The number of esters is 1. The molecule has 0 N–H and O–H groups in total. The van der Waals surface area contributed by atoms with Gasteiger partial charge in [0.15, 0.2) is 0 Å². The minimum Gasteiger partial charge on any atom is -0.463 e. The SMILES string of the molecule is CCCCCCCOCCOCC[C@H]1[C@H](CC)CC(=O)[C@@H]1C/C=C\CCCC(=O)OC(C)C. The molecule has 5 nitrogen and oxygen atoms in total. The van der Waals surface area contributed by atoms with Gasteiger partial charge in [-0.2, -0.15) is 0 Å². The molecule has 0 amide bonds. The van der Waals surface area contributed by atoms with E-state index in [1.807, 2.05) is 13.8 Å². The molecule has 3 atom stereocenters. The standard InChI is InChI=1S/C28H50O5/c1-5-7-8-11-14-18-31-20-21-32-19-17-25-24(6-2)22-27(29)26(25)15-12-9-10-13-16-28(30)33-23(3)4/h9,12,23-26H,5-8,10-11,13-22H2,1-4H3/b12-9-/t24-,25+,26-/m1/s1. The second-order valence-corrected chi connectivity index (χ2v) is 9.67.